The van der Waals surface area contributed by atoms with Crippen LogP contribution in [0.3, 0.4) is 0 Å². The summed E-state index contributed by atoms with van der Waals surface area (Å²) in [5.41, 5.74) is 0. The van der Waals surface area contributed by atoms with Crippen molar-refractivity contribution in [2.24, 2.45) is 0 Å². The molecule has 0 aliphatic heterocycles. The molecule has 0 radical (unpaired) electrons. The fraction of sp³-hybridized carbons (Fsp3) is 0.444. The van der Waals surface area contributed by atoms with Gasteiger partial charge in [0.15, 0.2) is 0 Å². The number of anilines is 1. The third-order valence-electron chi connectivity index (χ3n) is 1.63. The van der Waals surface area contributed by atoms with Gasteiger partial charge in [-0.15, -0.1) is 11.3 Å². The summed E-state index contributed by atoms with van der Waals surface area (Å²) in [5.74, 6) is 0. The monoisotopic (exact) mass is 277 g/mol. The highest BCUT2D eigenvalue weighted by Crippen LogP contribution is 2.30. The molecule has 5 heteroatoms. The maximum Gasteiger partial charge on any atom is 0.414 e. The van der Waals surface area contributed by atoms with Crippen molar-refractivity contribution in [3.8, 4) is 0 Å². The van der Waals surface area contributed by atoms with Crippen LogP contribution in [0.15, 0.2) is 15.9 Å². The van der Waals surface area contributed by atoms with Crippen molar-refractivity contribution in [3.63, 3.8) is 0 Å². The van der Waals surface area contributed by atoms with Gasteiger partial charge in [0.2, 0.25) is 0 Å². The number of hydrogen-bond donors (Lipinski definition) is 0. The van der Waals surface area contributed by atoms with Gasteiger partial charge in [0.1, 0.15) is 5.00 Å². The van der Waals surface area contributed by atoms with E-state index in [0.29, 0.717) is 13.2 Å². The summed E-state index contributed by atoms with van der Waals surface area (Å²) in [6.45, 7) is 4.74. The number of nitrogens with zero attached hydrogens (tertiary/aromatic N) is 1. The Bertz CT molecular complexity index is 314. The van der Waals surface area contributed by atoms with E-state index >= 15 is 0 Å². The molecule has 1 heterocycles. The van der Waals surface area contributed by atoms with Crippen molar-refractivity contribution in [1.82, 2.24) is 0 Å². The van der Waals surface area contributed by atoms with Gasteiger partial charge in [0, 0.05) is 6.54 Å². The number of hydrogen-bond acceptors (Lipinski definition) is 3. The lowest BCUT2D eigenvalue weighted by Gasteiger charge is -2.17. The molecule has 0 saturated carbocycles. The fourth-order valence-corrected chi connectivity index (χ4v) is 2.44. The van der Waals surface area contributed by atoms with E-state index in [1.165, 1.54) is 11.3 Å². The molecule has 0 aliphatic rings. The number of carbonyl (C=O) groups excluding carboxylic acids is 1. The molecular formula is C9H12BrNO2S. The highest BCUT2D eigenvalue weighted by Gasteiger charge is 2.15. The number of carbonyl (C=O) groups is 1. The van der Waals surface area contributed by atoms with E-state index in [1.54, 1.807) is 11.8 Å². The van der Waals surface area contributed by atoms with Crippen LogP contribution >= 0.6 is 27.3 Å². The topological polar surface area (TPSA) is 29.5 Å². The number of ether oxygens (including phenoxy) is 1. The highest BCUT2D eigenvalue weighted by atomic mass is 79.9. The molecule has 0 fully saturated rings. The summed E-state index contributed by atoms with van der Waals surface area (Å²) in [7, 11) is 0. The molecule has 0 atom stereocenters. The average Bonchev–Trinajstić information content (AvgIpc) is 2.54. The minimum absolute atomic E-state index is 0.288. The van der Waals surface area contributed by atoms with Crippen molar-refractivity contribution >= 4 is 38.4 Å². The zero-order chi connectivity index (χ0) is 10.6. The molecule has 1 rings (SSSR count). The van der Waals surface area contributed by atoms with Gasteiger partial charge in [0.05, 0.1) is 10.4 Å². The molecule has 0 aromatic carbocycles. The second kappa shape index (κ2) is 5.36. The lowest BCUT2D eigenvalue weighted by atomic mass is 10.5. The van der Waals surface area contributed by atoms with Crippen LogP contribution in [-0.2, 0) is 4.74 Å². The number of thiophene rings is 1. The normalized spacial score (nSPS) is 9.93. The lowest BCUT2D eigenvalue weighted by Crippen LogP contribution is -2.30. The van der Waals surface area contributed by atoms with Gasteiger partial charge in [-0.2, -0.15) is 0 Å². The fourth-order valence-electron chi connectivity index (χ4n) is 1.03. The van der Waals surface area contributed by atoms with Crippen molar-refractivity contribution in [1.29, 1.82) is 0 Å². The molecule has 0 spiro atoms. The van der Waals surface area contributed by atoms with E-state index in [0.717, 1.165) is 8.79 Å². The van der Waals surface area contributed by atoms with Gasteiger partial charge >= 0.3 is 6.09 Å². The van der Waals surface area contributed by atoms with Crippen LogP contribution in [-0.4, -0.2) is 19.2 Å². The molecule has 0 aliphatic carbocycles. The minimum atomic E-state index is -0.288. The Balaban J connectivity index is 2.76. The summed E-state index contributed by atoms with van der Waals surface area (Å²) < 4.78 is 5.95. The zero-order valence-corrected chi connectivity index (χ0v) is 10.5. The predicted octanol–water partition coefficient (Wildman–Crippen LogP) is 3.49. The Kier molecular flexibility index (Phi) is 4.41. The van der Waals surface area contributed by atoms with E-state index in [1.807, 2.05) is 19.1 Å². The lowest BCUT2D eigenvalue weighted by molar-refractivity contribution is 0.160. The molecule has 0 N–H and O–H groups in total. The molecule has 1 amide bonds. The Morgan fingerprint density at radius 2 is 2.29 bits per heavy atom. The molecule has 0 bridgehead atoms. The standard InChI is InChI=1S/C9H12BrNO2S/c1-3-11(9(12)13-4-2)8-6-5-7(10)14-8/h5-6H,3-4H2,1-2H3. The van der Waals surface area contributed by atoms with E-state index < -0.39 is 0 Å². The summed E-state index contributed by atoms with van der Waals surface area (Å²) >= 11 is 4.87. The molecule has 14 heavy (non-hydrogen) atoms. The van der Waals surface area contributed by atoms with Crippen LogP contribution in [0.25, 0.3) is 0 Å². The number of amides is 1. The second-order valence-corrected chi connectivity index (χ2v) is 4.96. The first-order chi connectivity index (χ1) is 6.69. The SMILES string of the molecule is CCOC(=O)N(CC)c1ccc(Br)s1. The molecule has 3 nitrogen and oxygen atoms in total. The Hall–Kier alpha value is -0.550. The van der Waals surface area contributed by atoms with Crippen molar-refractivity contribution in [2.45, 2.75) is 13.8 Å². The van der Waals surface area contributed by atoms with Crippen LogP contribution in [0.4, 0.5) is 9.80 Å². The Morgan fingerprint density at radius 3 is 2.71 bits per heavy atom. The smallest absolute Gasteiger partial charge is 0.414 e. The first-order valence-electron chi connectivity index (χ1n) is 4.38. The molecular weight excluding hydrogens is 266 g/mol. The average molecular weight is 278 g/mol. The molecule has 0 unspecified atom stereocenters. The molecule has 1 aromatic heterocycles. The Labute approximate surface area is 95.8 Å². The van der Waals surface area contributed by atoms with Crippen LogP contribution in [0.2, 0.25) is 0 Å². The van der Waals surface area contributed by atoms with E-state index in [2.05, 4.69) is 15.9 Å². The van der Waals surface area contributed by atoms with Crippen molar-refractivity contribution < 1.29 is 9.53 Å². The van der Waals surface area contributed by atoms with Crippen molar-refractivity contribution in [2.75, 3.05) is 18.1 Å². The zero-order valence-electron chi connectivity index (χ0n) is 8.12. The predicted molar refractivity (Wildman–Crippen MR) is 62.1 cm³/mol. The van der Waals surface area contributed by atoms with E-state index in [4.69, 9.17) is 4.74 Å². The third-order valence-corrected chi connectivity index (χ3v) is 3.28. The summed E-state index contributed by atoms with van der Waals surface area (Å²) in [5, 5.41) is 0.901. The van der Waals surface area contributed by atoms with Gasteiger partial charge in [-0.1, -0.05) is 0 Å². The van der Waals surface area contributed by atoms with Crippen LogP contribution in [0.5, 0.6) is 0 Å². The maximum absolute atomic E-state index is 11.5. The quantitative estimate of drug-likeness (QED) is 0.847. The number of halogens is 1. The summed E-state index contributed by atoms with van der Waals surface area (Å²) in [6, 6.07) is 3.82. The van der Waals surface area contributed by atoms with Crippen molar-refractivity contribution in [3.05, 3.63) is 15.9 Å². The first-order valence-corrected chi connectivity index (χ1v) is 5.99. The summed E-state index contributed by atoms with van der Waals surface area (Å²) in [6.07, 6.45) is -0.288. The van der Waals surface area contributed by atoms with Gasteiger partial charge in [-0.3, -0.25) is 4.90 Å². The number of rotatable bonds is 3. The van der Waals surface area contributed by atoms with E-state index in [-0.39, 0.29) is 6.09 Å². The van der Waals surface area contributed by atoms with E-state index in [9.17, 15) is 4.79 Å². The van der Waals surface area contributed by atoms with Gasteiger partial charge in [-0.05, 0) is 41.9 Å². The maximum atomic E-state index is 11.5. The summed E-state index contributed by atoms with van der Waals surface area (Å²) in [4.78, 5) is 13.1. The van der Waals surface area contributed by atoms with Crippen LogP contribution < -0.4 is 4.90 Å². The van der Waals surface area contributed by atoms with Gasteiger partial charge in [0.25, 0.3) is 0 Å². The van der Waals surface area contributed by atoms with Crippen LogP contribution in [0.1, 0.15) is 13.8 Å². The first kappa shape index (κ1) is 11.5. The third kappa shape index (κ3) is 2.72. The molecule has 78 valence electrons. The van der Waals surface area contributed by atoms with Crippen LogP contribution in [0, 0.1) is 0 Å². The second-order valence-electron chi connectivity index (χ2n) is 2.52. The largest absolute Gasteiger partial charge is 0.449 e. The van der Waals surface area contributed by atoms with Gasteiger partial charge in [-0.25, -0.2) is 4.79 Å². The highest BCUT2D eigenvalue weighted by molar-refractivity contribution is 9.11. The molecule has 1 aromatic rings. The Morgan fingerprint density at radius 1 is 1.57 bits per heavy atom. The minimum Gasteiger partial charge on any atom is -0.449 e. The van der Waals surface area contributed by atoms with Gasteiger partial charge < -0.3 is 4.74 Å². The molecule has 0 saturated heterocycles.